The zero-order valence-electron chi connectivity index (χ0n) is 11.7. The summed E-state index contributed by atoms with van der Waals surface area (Å²) in [4.78, 5) is 0. The summed E-state index contributed by atoms with van der Waals surface area (Å²) >= 11 is 0. The minimum atomic E-state index is 0.0986. The van der Waals surface area contributed by atoms with Gasteiger partial charge in [-0.3, -0.25) is 0 Å². The van der Waals surface area contributed by atoms with E-state index in [4.69, 9.17) is 10.00 Å². The summed E-state index contributed by atoms with van der Waals surface area (Å²) in [5.74, 6) is 2.37. The Hall–Kier alpha value is -1.69. The molecule has 2 rings (SSSR count). The van der Waals surface area contributed by atoms with E-state index in [1.165, 1.54) is 19.3 Å². The minimum absolute atomic E-state index is 0.0986. The maximum absolute atomic E-state index is 8.52. The van der Waals surface area contributed by atoms with Crippen LogP contribution < -0.4 is 10.1 Å². The number of hydrogen-bond acceptors (Lipinski definition) is 3. The molecule has 0 spiro atoms. The molecule has 0 radical (unpaired) electrons. The van der Waals surface area contributed by atoms with Crippen molar-refractivity contribution in [2.75, 3.05) is 11.9 Å². The molecule has 0 aliphatic heterocycles. The third-order valence-electron chi connectivity index (χ3n) is 4.11. The van der Waals surface area contributed by atoms with E-state index in [2.05, 4.69) is 25.2 Å². The van der Waals surface area contributed by atoms with Gasteiger partial charge in [0.2, 0.25) is 0 Å². The normalized spacial score (nSPS) is 26.5. The Labute approximate surface area is 115 Å². The molecule has 0 heterocycles. The number of nitrogens with one attached hydrogen (secondary N) is 1. The average molecular weight is 258 g/mol. The summed E-state index contributed by atoms with van der Waals surface area (Å²) in [5.41, 5.74) is 1.09. The Balaban J connectivity index is 1.94. The first kappa shape index (κ1) is 13.7. The molecule has 1 aliphatic carbocycles. The van der Waals surface area contributed by atoms with Gasteiger partial charge in [-0.25, -0.2) is 0 Å². The molecule has 1 saturated carbocycles. The molecule has 1 N–H and O–H groups in total. The van der Waals surface area contributed by atoms with Crippen molar-refractivity contribution in [1.29, 1.82) is 5.26 Å². The molecule has 3 unspecified atom stereocenters. The molecular weight excluding hydrogens is 236 g/mol. The van der Waals surface area contributed by atoms with E-state index in [1.54, 1.807) is 0 Å². The van der Waals surface area contributed by atoms with Crippen LogP contribution in [0.3, 0.4) is 0 Å². The standard InChI is InChI=1S/C16H22N2O/c1-12-6-7-15(10-13(12)2)18-14-4-3-5-16(11-14)19-9-8-17/h3-5,11-13,15,18H,6-7,9-10H2,1-2H3. The van der Waals surface area contributed by atoms with E-state index in [1.807, 2.05) is 24.3 Å². The fourth-order valence-corrected chi connectivity index (χ4v) is 2.71. The van der Waals surface area contributed by atoms with Crippen LogP contribution >= 0.6 is 0 Å². The SMILES string of the molecule is CC1CCC(Nc2cccc(OCC#N)c2)CC1C. The first-order valence-corrected chi connectivity index (χ1v) is 7.05. The molecule has 1 aromatic rings. The van der Waals surface area contributed by atoms with Crippen LogP contribution in [0.5, 0.6) is 5.75 Å². The van der Waals surface area contributed by atoms with Crippen molar-refractivity contribution in [3.05, 3.63) is 24.3 Å². The predicted octanol–water partition coefficient (Wildman–Crippen LogP) is 3.83. The molecule has 0 saturated heterocycles. The smallest absolute Gasteiger partial charge is 0.174 e. The van der Waals surface area contributed by atoms with Gasteiger partial charge in [0.25, 0.3) is 0 Å². The van der Waals surface area contributed by atoms with E-state index in [0.29, 0.717) is 6.04 Å². The lowest BCUT2D eigenvalue weighted by Crippen LogP contribution is -2.30. The fourth-order valence-electron chi connectivity index (χ4n) is 2.71. The molecule has 3 atom stereocenters. The predicted molar refractivity (Wildman–Crippen MR) is 77.1 cm³/mol. The second-order valence-corrected chi connectivity index (χ2v) is 5.58. The van der Waals surface area contributed by atoms with Gasteiger partial charge in [0.15, 0.2) is 6.61 Å². The van der Waals surface area contributed by atoms with Gasteiger partial charge in [-0.15, -0.1) is 0 Å². The number of benzene rings is 1. The van der Waals surface area contributed by atoms with Crippen LogP contribution in [0.25, 0.3) is 0 Å². The van der Waals surface area contributed by atoms with Crippen molar-refractivity contribution in [3.63, 3.8) is 0 Å². The highest BCUT2D eigenvalue weighted by molar-refractivity contribution is 5.49. The van der Waals surface area contributed by atoms with Crippen LogP contribution in [0.2, 0.25) is 0 Å². The third kappa shape index (κ3) is 3.89. The average Bonchev–Trinajstić information content (AvgIpc) is 2.41. The Morgan fingerprint density at radius 2 is 2.16 bits per heavy atom. The molecule has 1 aromatic carbocycles. The zero-order chi connectivity index (χ0) is 13.7. The summed E-state index contributed by atoms with van der Waals surface area (Å²) < 4.78 is 5.32. The topological polar surface area (TPSA) is 45.0 Å². The van der Waals surface area contributed by atoms with Crippen LogP contribution in [-0.4, -0.2) is 12.6 Å². The van der Waals surface area contributed by atoms with Crippen LogP contribution in [0.15, 0.2) is 24.3 Å². The van der Waals surface area contributed by atoms with Gasteiger partial charge in [-0.05, 0) is 43.2 Å². The van der Waals surface area contributed by atoms with E-state index >= 15 is 0 Å². The highest BCUT2D eigenvalue weighted by atomic mass is 16.5. The lowest BCUT2D eigenvalue weighted by Gasteiger charge is -2.33. The minimum Gasteiger partial charge on any atom is -0.479 e. The molecule has 0 bridgehead atoms. The first-order valence-electron chi connectivity index (χ1n) is 7.05. The first-order chi connectivity index (χ1) is 9.19. The number of nitrogens with zero attached hydrogens (tertiary/aromatic N) is 1. The largest absolute Gasteiger partial charge is 0.479 e. The monoisotopic (exact) mass is 258 g/mol. The third-order valence-corrected chi connectivity index (χ3v) is 4.11. The van der Waals surface area contributed by atoms with Crippen molar-refractivity contribution < 1.29 is 4.74 Å². The number of rotatable bonds is 4. The summed E-state index contributed by atoms with van der Waals surface area (Å²) in [6.07, 6.45) is 3.75. The van der Waals surface area contributed by atoms with Gasteiger partial charge in [0.1, 0.15) is 11.8 Å². The van der Waals surface area contributed by atoms with Crippen molar-refractivity contribution in [2.45, 2.75) is 39.2 Å². The van der Waals surface area contributed by atoms with Crippen LogP contribution in [0.4, 0.5) is 5.69 Å². The Morgan fingerprint density at radius 1 is 1.32 bits per heavy atom. The summed E-state index contributed by atoms with van der Waals surface area (Å²) in [5, 5.41) is 12.1. The molecule has 1 aliphatic rings. The van der Waals surface area contributed by atoms with Gasteiger partial charge in [0, 0.05) is 17.8 Å². The molecule has 1 fully saturated rings. The number of nitriles is 1. The lowest BCUT2D eigenvalue weighted by molar-refractivity contribution is 0.261. The number of anilines is 1. The molecule has 0 aromatic heterocycles. The van der Waals surface area contributed by atoms with Gasteiger partial charge in [-0.2, -0.15) is 5.26 Å². The van der Waals surface area contributed by atoms with Gasteiger partial charge in [0.05, 0.1) is 0 Å². The van der Waals surface area contributed by atoms with Gasteiger partial charge >= 0.3 is 0 Å². The number of ether oxygens (including phenoxy) is 1. The van der Waals surface area contributed by atoms with E-state index < -0.39 is 0 Å². The molecule has 102 valence electrons. The van der Waals surface area contributed by atoms with Crippen molar-refractivity contribution in [3.8, 4) is 11.8 Å². The van der Waals surface area contributed by atoms with Gasteiger partial charge in [-0.1, -0.05) is 19.9 Å². The summed E-state index contributed by atoms with van der Waals surface area (Å²) in [6, 6.07) is 10.4. The van der Waals surface area contributed by atoms with E-state index in [9.17, 15) is 0 Å². The maximum Gasteiger partial charge on any atom is 0.174 e. The molecule has 3 nitrogen and oxygen atoms in total. The van der Waals surface area contributed by atoms with Gasteiger partial charge < -0.3 is 10.1 Å². The Morgan fingerprint density at radius 3 is 2.89 bits per heavy atom. The van der Waals surface area contributed by atoms with Crippen molar-refractivity contribution >= 4 is 5.69 Å². The van der Waals surface area contributed by atoms with Crippen molar-refractivity contribution in [2.24, 2.45) is 11.8 Å². The summed E-state index contributed by atoms with van der Waals surface area (Å²) in [6.45, 7) is 4.78. The zero-order valence-corrected chi connectivity index (χ0v) is 11.7. The van der Waals surface area contributed by atoms with Crippen LogP contribution in [0, 0.1) is 23.2 Å². The second kappa shape index (κ2) is 6.47. The summed E-state index contributed by atoms with van der Waals surface area (Å²) in [7, 11) is 0. The molecule has 0 amide bonds. The Kier molecular flexibility index (Phi) is 4.68. The quantitative estimate of drug-likeness (QED) is 0.892. The lowest BCUT2D eigenvalue weighted by atomic mass is 9.79. The fraction of sp³-hybridized carbons (Fsp3) is 0.562. The number of hydrogen-bond donors (Lipinski definition) is 1. The molecule has 3 heteroatoms. The van der Waals surface area contributed by atoms with Crippen LogP contribution in [0.1, 0.15) is 33.1 Å². The van der Waals surface area contributed by atoms with Crippen LogP contribution in [-0.2, 0) is 0 Å². The Bertz CT molecular complexity index is 452. The molecular formula is C16H22N2O. The highest BCUT2D eigenvalue weighted by Gasteiger charge is 2.24. The molecule has 19 heavy (non-hydrogen) atoms. The van der Waals surface area contributed by atoms with Crippen molar-refractivity contribution in [1.82, 2.24) is 0 Å². The maximum atomic E-state index is 8.52. The highest BCUT2D eigenvalue weighted by Crippen LogP contribution is 2.31. The second-order valence-electron chi connectivity index (χ2n) is 5.58. The van der Waals surface area contributed by atoms with E-state index in [-0.39, 0.29) is 6.61 Å². The van der Waals surface area contributed by atoms with E-state index in [0.717, 1.165) is 23.3 Å².